The van der Waals surface area contributed by atoms with Crippen molar-refractivity contribution in [3.05, 3.63) is 22.6 Å². The van der Waals surface area contributed by atoms with Crippen LogP contribution in [0.1, 0.15) is 39.0 Å². The van der Waals surface area contributed by atoms with Crippen molar-refractivity contribution in [1.29, 1.82) is 0 Å². The van der Waals surface area contributed by atoms with Crippen LogP contribution in [0, 0.1) is 0 Å². The van der Waals surface area contributed by atoms with Gasteiger partial charge in [-0.05, 0) is 48.8 Å². The Morgan fingerprint density at radius 1 is 1.56 bits per heavy atom. The molecule has 0 amide bonds. The van der Waals surface area contributed by atoms with E-state index in [1.54, 1.807) is 13.4 Å². The van der Waals surface area contributed by atoms with Gasteiger partial charge in [-0.2, -0.15) is 0 Å². The predicted molar refractivity (Wildman–Crippen MR) is 68.5 cm³/mol. The molecule has 0 aliphatic rings. The first kappa shape index (κ1) is 13.7. The fraction of sp³-hybridized carbons (Fsp3) is 0.667. The summed E-state index contributed by atoms with van der Waals surface area (Å²) in [7, 11) is 1.72. The highest BCUT2D eigenvalue weighted by atomic mass is 79.9. The van der Waals surface area contributed by atoms with Gasteiger partial charge in [-0.1, -0.05) is 6.92 Å². The maximum Gasteiger partial charge on any atom is 0.137 e. The van der Waals surface area contributed by atoms with E-state index in [1.807, 2.05) is 6.07 Å². The molecule has 0 saturated carbocycles. The number of ether oxygens (including phenoxy) is 1. The average molecular weight is 290 g/mol. The van der Waals surface area contributed by atoms with Crippen LogP contribution in [0.2, 0.25) is 0 Å². The van der Waals surface area contributed by atoms with E-state index in [0.29, 0.717) is 0 Å². The minimum absolute atomic E-state index is 0.0434. The third-order valence-corrected chi connectivity index (χ3v) is 3.38. The highest BCUT2D eigenvalue weighted by molar-refractivity contribution is 9.10. The van der Waals surface area contributed by atoms with Crippen LogP contribution < -0.4 is 5.32 Å². The molecule has 1 rings (SSSR count). The van der Waals surface area contributed by atoms with E-state index in [-0.39, 0.29) is 11.6 Å². The molecule has 4 heteroatoms. The number of hydrogen-bond donors (Lipinski definition) is 1. The maximum absolute atomic E-state index is 5.53. The van der Waals surface area contributed by atoms with E-state index in [2.05, 4.69) is 42.0 Å². The van der Waals surface area contributed by atoms with Crippen molar-refractivity contribution >= 4 is 15.9 Å². The Labute approximate surface area is 106 Å². The summed E-state index contributed by atoms with van der Waals surface area (Å²) < 4.78 is 12.0. The van der Waals surface area contributed by atoms with Crippen LogP contribution in [0.15, 0.2) is 21.2 Å². The largest absolute Gasteiger partial charge is 0.466 e. The molecule has 0 spiro atoms. The van der Waals surface area contributed by atoms with Crippen LogP contribution in [0.5, 0.6) is 0 Å². The van der Waals surface area contributed by atoms with Crippen LogP contribution in [0.25, 0.3) is 0 Å². The molecule has 0 fully saturated rings. The molecular formula is C12H20BrNO2. The molecule has 1 unspecified atom stereocenters. The molecule has 3 nitrogen and oxygen atoms in total. The number of rotatable bonds is 6. The third kappa shape index (κ3) is 3.09. The molecule has 1 atom stereocenters. The summed E-state index contributed by atoms with van der Waals surface area (Å²) in [5.74, 6) is 0.889. The van der Waals surface area contributed by atoms with Gasteiger partial charge in [0.05, 0.1) is 22.4 Å². The zero-order valence-corrected chi connectivity index (χ0v) is 11.9. The van der Waals surface area contributed by atoms with E-state index in [1.165, 1.54) is 0 Å². The first-order valence-electron chi connectivity index (χ1n) is 5.54. The highest BCUT2D eigenvalue weighted by Gasteiger charge is 2.33. The molecule has 0 aliphatic heterocycles. The van der Waals surface area contributed by atoms with E-state index < -0.39 is 0 Å². The first-order valence-corrected chi connectivity index (χ1v) is 6.33. The highest BCUT2D eigenvalue weighted by Crippen LogP contribution is 2.33. The minimum atomic E-state index is -0.310. The van der Waals surface area contributed by atoms with E-state index >= 15 is 0 Å². The maximum atomic E-state index is 5.53. The Morgan fingerprint density at radius 3 is 2.69 bits per heavy atom. The Bertz CT molecular complexity index is 323. The first-order chi connectivity index (χ1) is 7.53. The van der Waals surface area contributed by atoms with E-state index in [0.717, 1.165) is 23.2 Å². The Hall–Kier alpha value is -0.320. The number of hydrogen-bond acceptors (Lipinski definition) is 3. The van der Waals surface area contributed by atoms with Crippen molar-refractivity contribution in [2.24, 2.45) is 0 Å². The summed E-state index contributed by atoms with van der Waals surface area (Å²) in [6.45, 7) is 7.18. The average Bonchev–Trinajstić information content (AvgIpc) is 2.65. The third-order valence-electron chi connectivity index (χ3n) is 2.73. The fourth-order valence-electron chi connectivity index (χ4n) is 1.57. The van der Waals surface area contributed by atoms with Crippen LogP contribution in [-0.4, -0.2) is 19.3 Å². The van der Waals surface area contributed by atoms with Crippen molar-refractivity contribution in [3.8, 4) is 0 Å². The quantitative estimate of drug-likeness (QED) is 0.870. The molecule has 0 bridgehead atoms. The molecule has 1 N–H and O–H groups in total. The van der Waals surface area contributed by atoms with Gasteiger partial charge in [0, 0.05) is 7.11 Å². The molecule has 1 heterocycles. The van der Waals surface area contributed by atoms with Gasteiger partial charge in [-0.15, -0.1) is 0 Å². The number of halogens is 1. The Morgan fingerprint density at radius 2 is 2.25 bits per heavy atom. The lowest BCUT2D eigenvalue weighted by atomic mass is 9.96. The van der Waals surface area contributed by atoms with Gasteiger partial charge in [0.1, 0.15) is 5.76 Å². The van der Waals surface area contributed by atoms with Crippen molar-refractivity contribution in [1.82, 2.24) is 5.32 Å². The Kier molecular flexibility index (Phi) is 5.02. The summed E-state index contributed by atoms with van der Waals surface area (Å²) in [5.41, 5.74) is -0.310. The summed E-state index contributed by atoms with van der Waals surface area (Å²) in [5, 5.41) is 3.46. The summed E-state index contributed by atoms with van der Waals surface area (Å²) in [6, 6.07) is 1.95. The lowest BCUT2D eigenvalue weighted by molar-refractivity contribution is -0.0171. The monoisotopic (exact) mass is 289 g/mol. The second-order valence-electron chi connectivity index (χ2n) is 4.33. The lowest BCUT2D eigenvalue weighted by Gasteiger charge is -2.32. The van der Waals surface area contributed by atoms with Crippen LogP contribution in [0.4, 0.5) is 0 Å². The smallest absolute Gasteiger partial charge is 0.137 e. The van der Waals surface area contributed by atoms with Crippen LogP contribution in [-0.2, 0) is 4.74 Å². The number of furan rings is 1. The van der Waals surface area contributed by atoms with Crippen LogP contribution in [0.3, 0.4) is 0 Å². The molecule has 1 aromatic heterocycles. The zero-order valence-electron chi connectivity index (χ0n) is 10.3. The number of nitrogens with one attached hydrogen (secondary N) is 1. The molecule has 0 aliphatic carbocycles. The van der Waals surface area contributed by atoms with E-state index in [4.69, 9.17) is 9.15 Å². The van der Waals surface area contributed by atoms with Crippen molar-refractivity contribution in [2.45, 2.75) is 38.8 Å². The fourth-order valence-corrected chi connectivity index (χ4v) is 2.00. The Balaban J connectivity index is 2.92. The standard InChI is InChI=1S/C12H20BrNO2/c1-5-7-14-11(12(2,3)15-4)10-9(13)6-8-16-10/h6,8,11,14H,5,7H2,1-4H3. The summed E-state index contributed by atoms with van der Waals surface area (Å²) in [6.07, 6.45) is 2.76. The molecule has 0 aromatic carbocycles. The second kappa shape index (κ2) is 5.84. The van der Waals surface area contributed by atoms with Crippen LogP contribution >= 0.6 is 15.9 Å². The molecule has 92 valence electrons. The predicted octanol–water partition coefficient (Wildman–Crippen LogP) is 3.51. The van der Waals surface area contributed by atoms with Gasteiger partial charge in [0.15, 0.2) is 0 Å². The molecule has 0 radical (unpaired) electrons. The van der Waals surface area contributed by atoms with Gasteiger partial charge in [-0.25, -0.2) is 0 Å². The summed E-state index contributed by atoms with van der Waals surface area (Å²) >= 11 is 3.49. The normalized spacial score (nSPS) is 14.1. The van der Waals surface area contributed by atoms with Crippen molar-refractivity contribution < 1.29 is 9.15 Å². The van der Waals surface area contributed by atoms with Crippen molar-refractivity contribution in [2.75, 3.05) is 13.7 Å². The molecule has 0 saturated heterocycles. The summed E-state index contributed by atoms with van der Waals surface area (Å²) in [4.78, 5) is 0. The van der Waals surface area contributed by atoms with Gasteiger partial charge < -0.3 is 14.5 Å². The SMILES string of the molecule is CCCNC(c1occc1Br)C(C)(C)OC. The van der Waals surface area contributed by atoms with Gasteiger partial charge >= 0.3 is 0 Å². The van der Waals surface area contributed by atoms with Crippen molar-refractivity contribution in [3.63, 3.8) is 0 Å². The van der Waals surface area contributed by atoms with Gasteiger partial charge in [0.25, 0.3) is 0 Å². The zero-order chi connectivity index (χ0) is 12.2. The van der Waals surface area contributed by atoms with E-state index in [9.17, 15) is 0 Å². The van der Waals surface area contributed by atoms with Gasteiger partial charge in [-0.3, -0.25) is 0 Å². The molecular weight excluding hydrogens is 270 g/mol. The lowest BCUT2D eigenvalue weighted by Crippen LogP contribution is -2.41. The van der Waals surface area contributed by atoms with Gasteiger partial charge in [0.2, 0.25) is 0 Å². The topological polar surface area (TPSA) is 34.4 Å². The molecule has 16 heavy (non-hydrogen) atoms. The number of methoxy groups -OCH3 is 1. The minimum Gasteiger partial charge on any atom is -0.466 e. The molecule has 1 aromatic rings. The second-order valence-corrected chi connectivity index (χ2v) is 5.18.